The van der Waals surface area contributed by atoms with Gasteiger partial charge in [-0.25, -0.2) is 14.5 Å². The molecule has 0 aliphatic carbocycles. The lowest BCUT2D eigenvalue weighted by Gasteiger charge is -2.25. The fourth-order valence-corrected chi connectivity index (χ4v) is 3.41. The molecule has 1 atom stereocenters. The Labute approximate surface area is 169 Å². The summed E-state index contributed by atoms with van der Waals surface area (Å²) in [6.07, 6.45) is 5.96. The number of amides is 2. The highest BCUT2D eigenvalue weighted by Gasteiger charge is 2.17. The molecule has 29 heavy (non-hydrogen) atoms. The number of hydrogen-bond donors (Lipinski definition) is 2. The summed E-state index contributed by atoms with van der Waals surface area (Å²) in [5.41, 5.74) is 4.32. The molecule has 4 rings (SSSR count). The molecule has 0 fully saturated rings. The summed E-state index contributed by atoms with van der Waals surface area (Å²) in [5, 5.41) is 8.35. The zero-order valence-corrected chi connectivity index (χ0v) is 16.5. The van der Waals surface area contributed by atoms with Gasteiger partial charge in [0, 0.05) is 30.7 Å². The molecule has 0 bridgehead atoms. The van der Waals surface area contributed by atoms with Crippen LogP contribution in [0, 0.1) is 0 Å². The molecule has 0 saturated heterocycles. The number of nitrogens with zero attached hydrogens (tertiary/aromatic N) is 4. The molecule has 2 aromatic carbocycles. The number of H-pyrrole nitrogens is 1. The molecule has 4 aromatic rings. The third kappa shape index (κ3) is 3.99. The maximum absolute atomic E-state index is 12.6. The molecule has 2 aromatic heterocycles. The topological polar surface area (TPSA) is 78.8 Å². The molecule has 2 amide bonds. The van der Waals surface area contributed by atoms with E-state index in [0.717, 1.165) is 23.2 Å². The van der Waals surface area contributed by atoms with Crippen molar-refractivity contribution in [3.63, 3.8) is 0 Å². The number of carbonyl (C=O) groups is 1. The average Bonchev–Trinajstić information content (AvgIpc) is 3.43. The van der Waals surface area contributed by atoms with E-state index in [1.165, 1.54) is 17.3 Å². The van der Waals surface area contributed by atoms with E-state index in [0.29, 0.717) is 6.54 Å². The summed E-state index contributed by atoms with van der Waals surface area (Å²) < 4.78 is 1.70. The average molecular weight is 388 g/mol. The normalized spacial score (nSPS) is 12.1. The molecule has 0 aliphatic heterocycles. The maximum atomic E-state index is 12.6. The van der Waals surface area contributed by atoms with Crippen LogP contribution in [0.5, 0.6) is 0 Å². The van der Waals surface area contributed by atoms with Gasteiger partial charge in [0.05, 0.1) is 11.7 Å². The second kappa shape index (κ2) is 8.18. The van der Waals surface area contributed by atoms with Gasteiger partial charge in [-0.05, 0) is 42.7 Å². The summed E-state index contributed by atoms with van der Waals surface area (Å²) in [4.78, 5) is 21.5. The summed E-state index contributed by atoms with van der Waals surface area (Å²) in [5.74, 6) is 0. The Hall–Kier alpha value is -3.61. The number of urea groups is 1. The predicted octanol–water partition coefficient (Wildman–Crippen LogP) is 3.69. The minimum Gasteiger partial charge on any atom is -0.361 e. The van der Waals surface area contributed by atoms with E-state index in [-0.39, 0.29) is 12.1 Å². The van der Waals surface area contributed by atoms with Gasteiger partial charge in [0.1, 0.15) is 12.7 Å². The molecule has 7 heteroatoms. The van der Waals surface area contributed by atoms with Crippen molar-refractivity contribution in [2.75, 3.05) is 13.6 Å². The van der Waals surface area contributed by atoms with E-state index >= 15 is 0 Å². The first-order valence-electron chi connectivity index (χ1n) is 9.64. The Kier molecular flexibility index (Phi) is 5.29. The fraction of sp³-hybridized carbons (Fsp3) is 0.227. The van der Waals surface area contributed by atoms with Gasteiger partial charge < -0.3 is 15.2 Å². The van der Waals surface area contributed by atoms with Crippen LogP contribution < -0.4 is 5.32 Å². The third-order valence-corrected chi connectivity index (χ3v) is 5.31. The highest BCUT2D eigenvalue weighted by Crippen LogP contribution is 2.21. The Morgan fingerprint density at radius 2 is 2.00 bits per heavy atom. The molecule has 0 saturated carbocycles. The summed E-state index contributed by atoms with van der Waals surface area (Å²) in [7, 11) is 1.82. The number of carbonyl (C=O) groups excluding carboxylic acids is 1. The Bertz CT molecular complexity index is 1080. The zero-order chi connectivity index (χ0) is 20.2. The largest absolute Gasteiger partial charge is 0.361 e. The van der Waals surface area contributed by atoms with Crippen LogP contribution in [0.2, 0.25) is 0 Å². The summed E-state index contributed by atoms with van der Waals surface area (Å²) >= 11 is 0. The maximum Gasteiger partial charge on any atom is 0.317 e. The number of para-hydroxylation sites is 1. The Morgan fingerprint density at radius 1 is 1.21 bits per heavy atom. The standard InChI is InChI=1S/C22H24N6O/c1-16(17-7-9-19(10-8-17)28-15-23-14-26-28)27(2)22(29)24-12-11-18-13-25-21-6-4-3-5-20(18)21/h3-10,13-16,25H,11-12H2,1-2H3,(H,24,29). The minimum atomic E-state index is -0.0855. The van der Waals surface area contributed by atoms with Gasteiger partial charge in [-0.1, -0.05) is 30.3 Å². The van der Waals surface area contributed by atoms with Crippen LogP contribution in [0.25, 0.3) is 16.6 Å². The Balaban J connectivity index is 1.33. The first-order chi connectivity index (χ1) is 14.1. The van der Waals surface area contributed by atoms with Crippen molar-refractivity contribution < 1.29 is 4.79 Å². The van der Waals surface area contributed by atoms with Crippen LogP contribution in [-0.4, -0.2) is 44.3 Å². The number of fused-ring (bicyclic) bond motifs is 1. The van der Waals surface area contributed by atoms with Gasteiger partial charge >= 0.3 is 6.03 Å². The SMILES string of the molecule is CC(c1ccc(-n2cncn2)cc1)N(C)C(=O)NCCc1c[nH]c2ccccc12. The van der Waals surface area contributed by atoms with Gasteiger partial charge in [-0.2, -0.15) is 5.10 Å². The van der Waals surface area contributed by atoms with E-state index in [1.807, 2.05) is 56.6 Å². The highest BCUT2D eigenvalue weighted by atomic mass is 16.2. The fourth-order valence-electron chi connectivity index (χ4n) is 3.41. The number of nitrogens with one attached hydrogen (secondary N) is 2. The minimum absolute atomic E-state index is 0.0483. The molecule has 0 spiro atoms. The molecule has 2 N–H and O–H groups in total. The molecule has 0 aliphatic rings. The number of aromatic nitrogens is 4. The second-order valence-electron chi connectivity index (χ2n) is 7.06. The lowest BCUT2D eigenvalue weighted by atomic mass is 10.1. The Morgan fingerprint density at radius 3 is 2.76 bits per heavy atom. The van der Waals surface area contributed by atoms with E-state index in [4.69, 9.17) is 0 Å². The van der Waals surface area contributed by atoms with Crippen LogP contribution in [0.1, 0.15) is 24.1 Å². The van der Waals surface area contributed by atoms with Crippen molar-refractivity contribution in [2.24, 2.45) is 0 Å². The van der Waals surface area contributed by atoms with Crippen molar-refractivity contribution in [1.29, 1.82) is 0 Å². The van der Waals surface area contributed by atoms with Crippen molar-refractivity contribution >= 4 is 16.9 Å². The van der Waals surface area contributed by atoms with Gasteiger partial charge in [-0.15, -0.1) is 0 Å². The first kappa shape index (κ1) is 18.7. The van der Waals surface area contributed by atoms with Crippen molar-refractivity contribution in [2.45, 2.75) is 19.4 Å². The smallest absolute Gasteiger partial charge is 0.317 e. The second-order valence-corrected chi connectivity index (χ2v) is 7.06. The number of hydrogen-bond acceptors (Lipinski definition) is 3. The van der Waals surface area contributed by atoms with Crippen LogP contribution >= 0.6 is 0 Å². The van der Waals surface area contributed by atoms with E-state index < -0.39 is 0 Å². The van der Waals surface area contributed by atoms with E-state index in [9.17, 15) is 4.79 Å². The van der Waals surface area contributed by atoms with Crippen molar-refractivity contribution in [3.05, 3.63) is 78.5 Å². The zero-order valence-electron chi connectivity index (χ0n) is 16.5. The molecule has 1 unspecified atom stereocenters. The van der Waals surface area contributed by atoms with E-state index in [2.05, 4.69) is 32.5 Å². The van der Waals surface area contributed by atoms with Gasteiger partial charge in [-0.3, -0.25) is 0 Å². The molecule has 7 nitrogen and oxygen atoms in total. The number of aromatic amines is 1. The summed E-state index contributed by atoms with van der Waals surface area (Å²) in [6.45, 7) is 2.60. The molecule has 148 valence electrons. The van der Waals surface area contributed by atoms with Crippen LogP contribution in [0.4, 0.5) is 4.79 Å². The van der Waals surface area contributed by atoms with Gasteiger partial charge in [0.25, 0.3) is 0 Å². The van der Waals surface area contributed by atoms with Crippen LogP contribution in [0.15, 0.2) is 67.4 Å². The van der Waals surface area contributed by atoms with Gasteiger partial charge in [0.15, 0.2) is 0 Å². The van der Waals surface area contributed by atoms with Crippen molar-refractivity contribution in [1.82, 2.24) is 30.0 Å². The monoisotopic (exact) mass is 388 g/mol. The lowest BCUT2D eigenvalue weighted by molar-refractivity contribution is 0.194. The predicted molar refractivity (Wildman–Crippen MR) is 113 cm³/mol. The number of rotatable bonds is 6. The highest BCUT2D eigenvalue weighted by molar-refractivity contribution is 5.83. The van der Waals surface area contributed by atoms with Crippen LogP contribution in [0.3, 0.4) is 0 Å². The summed E-state index contributed by atoms with van der Waals surface area (Å²) in [6, 6.07) is 16.0. The molecule has 0 radical (unpaired) electrons. The van der Waals surface area contributed by atoms with E-state index in [1.54, 1.807) is 15.9 Å². The first-order valence-corrected chi connectivity index (χ1v) is 9.64. The number of benzene rings is 2. The van der Waals surface area contributed by atoms with Gasteiger partial charge in [0.2, 0.25) is 0 Å². The molecular formula is C22H24N6O. The molecular weight excluding hydrogens is 364 g/mol. The lowest BCUT2D eigenvalue weighted by Crippen LogP contribution is -2.39. The van der Waals surface area contributed by atoms with Crippen molar-refractivity contribution in [3.8, 4) is 5.69 Å². The molecule has 2 heterocycles. The third-order valence-electron chi connectivity index (χ3n) is 5.31. The van der Waals surface area contributed by atoms with Crippen LogP contribution in [-0.2, 0) is 6.42 Å². The quantitative estimate of drug-likeness (QED) is 0.529.